The zero-order valence-corrected chi connectivity index (χ0v) is 15.6. The lowest BCUT2D eigenvalue weighted by atomic mass is 10.2. The van der Waals surface area contributed by atoms with E-state index in [0.717, 1.165) is 17.0 Å². The number of nitrogens with zero attached hydrogens (tertiary/aromatic N) is 6. The number of hydrogen-bond donors (Lipinski definition) is 1. The van der Waals surface area contributed by atoms with Crippen molar-refractivity contribution in [1.82, 2.24) is 34.7 Å². The van der Waals surface area contributed by atoms with Gasteiger partial charge in [-0.05, 0) is 25.5 Å². The Morgan fingerprint density at radius 3 is 2.77 bits per heavy atom. The van der Waals surface area contributed by atoms with Gasteiger partial charge >= 0.3 is 6.03 Å². The third kappa shape index (κ3) is 3.71. The molecule has 3 amide bonds. The number of amides is 3. The number of carbonyl (C=O) groups is 2. The van der Waals surface area contributed by atoms with Crippen LogP contribution in [0.15, 0.2) is 18.5 Å². The van der Waals surface area contributed by atoms with Crippen LogP contribution in [0.1, 0.15) is 29.9 Å². The number of rotatable bonds is 4. The van der Waals surface area contributed by atoms with Crippen molar-refractivity contribution < 1.29 is 9.59 Å². The Labute approximate surface area is 152 Å². The number of aromatic nitrogens is 4. The van der Waals surface area contributed by atoms with Crippen LogP contribution in [-0.2, 0) is 24.4 Å². The van der Waals surface area contributed by atoms with Crippen LogP contribution < -0.4 is 5.32 Å². The second kappa shape index (κ2) is 7.19. The van der Waals surface area contributed by atoms with Gasteiger partial charge in [-0.25, -0.2) is 4.79 Å². The molecule has 0 saturated heterocycles. The van der Waals surface area contributed by atoms with Gasteiger partial charge in [-0.15, -0.1) is 0 Å². The Bertz CT molecular complexity index is 808. The van der Waals surface area contributed by atoms with Crippen LogP contribution in [0.4, 0.5) is 4.79 Å². The molecule has 3 rings (SSSR count). The molecule has 1 atom stereocenters. The van der Waals surface area contributed by atoms with E-state index in [9.17, 15) is 9.59 Å². The monoisotopic (exact) mass is 359 g/mol. The van der Waals surface area contributed by atoms with Gasteiger partial charge in [0.1, 0.15) is 6.04 Å². The van der Waals surface area contributed by atoms with Gasteiger partial charge in [0.15, 0.2) is 0 Å². The van der Waals surface area contributed by atoms with Crippen molar-refractivity contribution in [2.75, 3.05) is 20.6 Å². The smallest absolute Gasteiger partial charge is 0.319 e. The molecule has 26 heavy (non-hydrogen) atoms. The molecule has 9 nitrogen and oxygen atoms in total. The predicted molar refractivity (Wildman–Crippen MR) is 95.2 cm³/mol. The molecule has 0 spiro atoms. The molecule has 2 aromatic heterocycles. The highest BCUT2D eigenvalue weighted by molar-refractivity contribution is 5.79. The molecule has 0 aliphatic carbocycles. The topological polar surface area (TPSA) is 88.3 Å². The lowest BCUT2D eigenvalue weighted by Crippen LogP contribution is -2.43. The van der Waals surface area contributed by atoms with Crippen LogP contribution in [0.5, 0.6) is 0 Å². The lowest BCUT2D eigenvalue weighted by Gasteiger charge is -2.29. The summed E-state index contributed by atoms with van der Waals surface area (Å²) < 4.78 is 3.55. The first-order valence-corrected chi connectivity index (χ1v) is 8.65. The third-order valence-electron chi connectivity index (χ3n) is 4.45. The Morgan fingerprint density at radius 2 is 2.12 bits per heavy atom. The van der Waals surface area contributed by atoms with Crippen LogP contribution in [0.25, 0.3) is 0 Å². The molecule has 1 N–H and O–H groups in total. The maximum Gasteiger partial charge on any atom is 0.319 e. The van der Waals surface area contributed by atoms with E-state index in [1.54, 1.807) is 34.8 Å². The molecule has 1 aliphatic rings. The van der Waals surface area contributed by atoms with Crippen molar-refractivity contribution in [3.63, 3.8) is 0 Å². The Morgan fingerprint density at radius 1 is 1.35 bits per heavy atom. The number of urea groups is 1. The summed E-state index contributed by atoms with van der Waals surface area (Å²) >= 11 is 0. The molecule has 1 aliphatic heterocycles. The minimum absolute atomic E-state index is 0.00403. The fourth-order valence-corrected chi connectivity index (χ4v) is 2.95. The first kappa shape index (κ1) is 18.0. The number of fused-ring (bicyclic) bond motifs is 1. The average Bonchev–Trinajstić information content (AvgIpc) is 3.23. The molecule has 0 aromatic carbocycles. The minimum Gasteiger partial charge on any atom is -0.349 e. The largest absolute Gasteiger partial charge is 0.349 e. The normalized spacial score (nSPS) is 14.7. The van der Waals surface area contributed by atoms with Crippen molar-refractivity contribution in [3.8, 4) is 0 Å². The summed E-state index contributed by atoms with van der Waals surface area (Å²) in [6.45, 7) is 5.92. The van der Waals surface area contributed by atoms with Crippen molar-refractivity contribution in [2.24, 2.45) is 0 Å². The van der Waals surface area contributed by atoms with Gasteiger partial charge in [0.05, 0.1) is 37.2 Å². The summed E-state index contributed by atoms with van der Waals surface area (Å²) in [6, 6.07) is 1.56. The van der Waals surface area contributed by atoms with E-state index in [1.165, 1.54) is 0 Å². The summed E-state index contributed by atoms with van der Waals surface area (Å²) in [5.41, 5.74) is 2.78. The number of carbonyl (C=O) groups excluding carboxylic acids is 2. The quantitative estimate of drug-likeness (QED) is 0.873. The molecule has 0 fully saturated rings. The molecule has 2 aromatic rings. The van der Waals surface area contributed by atoms with E-state index < -0.39 is 0 Å². The first-order chi connectivity index (χ1) is 12.3. The van der Waals surface area contributed by atoms with Crippen LogP contribution in [0.3, 0.4) is 0 Å². The number of aryl methyl sites for hydroxylation is 1. The second-order valence-electron chi connectivity index (χ2n) is 6.84. The maximum atomic E-state index is 12.3. The zero-order valence-electron chi connectivity index (χ0n) is 15.6. The van der Waals surface area contributed by atoms with E-state index in [4.69, 9.17) is 0 Å². The predicted octanol–water partition coefficient (Wildman–Crippen LogP) is 0.763. The van der Waals surface area contributed by atoms with E-state index >= 15 is 0 Å². The van der Waals surface area contributed by atoms with Crippen molar-refractivity contribution in [1.29, 1.82) is 0 Å². The van der Waals surface area contributed by atoms with Crippen LogP contribution in [0.2, 0.25) is 0 Å². The van der Waals surface area contributed by atoms with Crippen molar-refractivity contribution >= 4 is 11.9 Å². The van der Waals surface area contributed by atoms with Gasteiger partial charge in [-0.2, -0.15) is 10.2 Å². The molecule has 9 heteroatoms. The Kier molecular flexibility index (Phi) is 4.97. The van der Waals surface area contributed by atoms with Gasteiger partial charge in [0.25, 0.3) is 0 Å². The molecule has 3 heterocycles. The van der Waals surface area contributed by atoms with Crippen LogP contribution in [0, 0.1) is 6.92 Å². The fourth-order valence-electron chi connectivity index (χ4n) is 2.95. The highest BCUT2D eigenvalue weighted by Crippen LogP contribution is 2.15. The Hall–Kier alpha value is -2.84. The molecular formula is C17H25N7O2. The average molecular weight is 359 g/mol. The van der Waals surface area contributed by atoms with E-state index in [-0.39, 0.29) is 18.0 Å². The second-order valence-corrected chi connectivity index (χ2v) is 6.84. The number of hydrogen-bond acceptors (Lipinski definition) is 4. The maximum absolute atomic E-state index is 12.3. The van der Waals surface area contributed by atoms with Crippen LogP contribution >= 0.6 is 0 Å². The molecular weight excluding hydrogens is 334 g/mol. The highest BCUT2D eigenvalue weighted by atomic mass is 16.2. The SMILES string of the molecule is Cc1cnn([C@H](C)C(=O)NCc2cc3n(n2)CCN(C(=O)N(C)C)C3)c1. The summed E-state index contributed by atoms with van der Waals surface area (Å²) in [6.07, 6.45) is 3.57. The van der Waals surface area contributed by atoms with Crippen molar-refractivity contribution in [2.45, 2.75) is 39.5 Å². The molecule has 0 saturated carbocycles. The molecule has 0 unspecified atom stereocenters. The lowest BCUT2D eigenvalue weighted by molar-refractivity contribution is -0.124. The van der Waals surface area contributed by atoms with E-state index in [0.29, 0.717) is 26.2 Å². The molecule has 0 bridgehead atoms. The standard InChI is InChI=1S/C17H25N7O2/c1-12-8-19-24(10-12)13(2)16(25)18-9-14-7-15-11-22(17(26)21(3)4)5-6-23(15)20-14/h7-8,10,13H,5-6,9,11H2,1-4H3,(H,18,25)/t13-/m1/s1. The zero-order chi connectivity index (χ0) is 18.8. The number of nitrogens with one attached hydrogen (secondary N) is 1. The van der Waals surface area contributed by atoms with Gasteiger partial charge in [0, 0.05) is 26.8 Å². The first-order valence-electron chi connectivity index (χ1n) is 8.65. The summed E-state index contributed by atoms with van der Waals surface area (Å²) in [4.78, 5) is 27.8. The minimum atomic E-state index is -0.380. The summed E-state index contributed by atoms with van der Waals surface area (Å²) in [5, 5.41) is 11.6. The molecule has 0 radical (unpaired) electrons. The van der Waals surface area contributed by atoms with Gasteiger partial charge in [-0.3, -0.25) is 14.2 Å². The highest BCUT2D eigenvalue weighted by Gasteiger charge is 2.23. The van der Waals surface area contributed by atoms with Crippen molar-refractivity contribution in [3.05, 3.63) is 35.4 Å². The molecule has 140 valence electrons. The third-order valence-corrected chi connectivity index (χ3v) is 4.45. The van der Waals surface area contributed by atoms with Gasteiger partial charge in [-0.1, -0.05) is 0 Å². The van der Waals surface area contributed by atoms with Crippen LogP contribution in [-0.4, -0.2) is 61.9 Å². The summed E-state index contributed by atoms with van der Waals surface area (Å²) in [7, 11) is 3.49. The Balaban J connectivity index is 1.59. The summed E-state index contributed by atoms with van der Waals surface area (Å²) in [5.74, 6) is -0.108. The van der Waals surface area contributed by atoms with Gasteiger partial charge in [0.2, 0.25) is 5.91 Å². The van der Waals surface area contributed by atoms with E-state index in [2.05, 4.69) is 15.5 Å². The fraction of sp³-hybridized carbons (Fsp3) is 0.529. The van der Waals surface area contributed by atoms with Gasteiger partial charge < -0.3 is 15.1 Å². The van der Waals surface area contributed by atoms with E-state index in [1.807, 2.05) is 30.8 Å².